The quantitative estimate of drug-likeness (QED) is 0.380. The van der Waals surface area contributed by atoms with Crippen molar-refractivity contribution in [3.8, 4) is 5.75 Å². The summed E-state index contributed by atoms with van der Waals surface area (Å²) in [4.78, 5) is 18.0. The summed E-state index contributed by atoms with van der Waals surface area (Å²) >= 11 is 13.1. The lowest BCUT2D eigenvalue weighted by atomic mass is 9.87. The zero-order chi connectivity index (χ0) is 22.2. The number of rotatable bonds is 5. The minimum absolute atomic E-state index is 0.0137. The van der Waals surface area contributed by atoms with Crippen LogP contribution >= 0.6 is 63.7 Å². The Morgan fingerprint density at radius 3 is 2.60 bits per heavy atom. The van der Waals surface area contributed by atoms with Crippen molar-refractivity contribution in [3.63, 3.8) is 0 Å². The van der Waals surface area contributed by atoms with Gasteiger partial charge in [-0.3, -0.25) is 4.79 Å². The standard InChI is InChI=1S/C18H16Br4N2O6/c1-29-15-10(21)4-18(16(27)13(15)22)5-11(24-30-18)17(28)23-6-12(25)7-2-8(19)14(26)9(20)3-7/h2-4,12,16,25-27H,5-6H2,1H3,(H,23,28)/t12-,16+,18-/m1/s1. The van der Waals surface area contributed by atoms with Crippen LogP contribution in [-0.2, 0) is 14.4 Å². The van der Waals surface area contributed by atoms with E-state index in [-0.39, 0.29) is 24.4 Å². The Bertz CT molecular complexity index is 956. The average Bonchev–Trinajstić information content (AvgIpc) is 3.13. The fraction of sp³-hybridized carbons (Fsp3) is 0.333. The van der Waals surface area contributed by atoms with Crippen LogP contribution < -0.4 is 5.32 Å². The Hall–Kier alpha value is -0.920. The molecule has 2 aliphatic rings. The maximum Gasteiger partial charge on any atom is 0.269 e. The van der Waals surface area contributed by atoms with E-state index < -0.39 is 23.7 Å². The van der Waals surface area contributed by atoms with Gasteiger partial charge < -0.3 is 30.2 Å². The molecular weight excluding hydrogens is 660 g/mol. The van der Waals surface area contributed by atoms with Crippen molar-refractivity contribution in [1.29, 1.82) is 0 Å². The number of methoxy groups -OCH3 is 1. The number of hydrogen-bond donors (Lipinski definition) is 4. The fourth-order valence-corrected chi connectivity index (χ4v) is 6.02. The van der Waals surface area contributed by atoms with Crippen molar-refractivity contribution in [3.05, 3.63) is 47.4 Å². The predicted molar refractivity (Wildman–Crippen MR) is 123 cm³/mol. The number of aliphatic hydroxyl groups is 2. The van der Waals surface area contributed by atoms with Gasteiger partial charge in [-0.05, 0) is 87.5 Å². The van der Waals surface area contributed by atoms with Gasteiger partial charge in [-0.1, -0.05) is 5.16 Å². The molecule has 0 aromatic heterocycles. The molecule has 3 rings (SSSR count). The number of oxime groups is 1. The summed E-state index contributed by atoms with van der Waals surface area (Å²) < 4.78 is 6.97. The van der Waals surface area contributed by atoms with Gasteiger partial charge in [0, 0.05) is 13.0 Å². The van der Waals surface area contributed by atoms with Crippen LogP contribution in [0.1, 0.15) is 18.1 Å². The number of benzene rings is 1. The van der Waals surface area contributed by atoms with Gasteiger partial charge in [-0.15, -0.1) is 0 Å². The van der Waals surface area contributed by atoms with Crippen LogP contribution in [0.15, 0.2) is 47.0 Å². The maximum absolute atomic E-state index is 12.5. The molecule has 1 heterocycles. The summed E-state index contributed by atoms with van der Waals surface area (Å²) in [5.41, 5.74) is -0.687. The second kappa shape index (κ2) is 9.29. The van der Waals surface area contributed by atoms with Crippen LogP contribution in [0, 0.1) is 0 Å². The van der Waals surface area contributed by atoms with Gasteiger partial charge in [0.1, 0.15) is 23.3 Å². The highest BCUT2D eigenvalue weighted by atomic mass is 79.9. The Balaban J connectivity index is 1.65. The first kappa shape index (κ1) is 23.7. The molecule has 4 N–H and O–H groups in total. The summed E-state index contributed by atoms with van der Waals surface area (Å²) in [6, 6.07) is 3.11. The van der Waals surface area contributed by atoms with Gasteiger partial charge in [-0.25, -0.2) is 0 Å². The molecule has 1 amide bonds. The Labute approximate surface area is 205 Å². The largest absolute Gasteiger partial charge is 0.506 e. The van der Waals surface area contributed by atoms with E-state index in [1.165, 1.54) is 7.11 Å². The molecule has 3 atom stereocenters. The van der Waals surface area contributed by atoms with Gasteiger partial charge in [0.25, 0.3) is 5.91 Å². The van der Waals surface area contributed by atoms with Crippen molar-refractivity contribution >= 4 is 75.3 Å². The minimum Gasteiger partial charge on any atom is -0.506 e. The van der Waals surface area contributed by atoms with Crippen molar-refractivity contribution in [1.82, 2.24) is 5.32 Å². The number of allylic oxidation sites excluding steroid dienone is 1. The molecule has 12 heteroatoms. The van der Waals surface area contributed by atoms with E-state index in [4.69, 9.17) is 9.57 Å². The number of hydrogen-bond acceptors (Lipinski definition) is 7. The van der Waals surface area contributed by atoms with E-state index in [0.717, 1.165) is 0 Å². The number of nitrogens with zero attached hydrogens (tertiary/aromatic N) is 1. The molecule has 0 saturated carbocycles. The van der Waals surface area contributed by atoms with Crippen LogP contribution in [0.5, 0.6) is 5.75 Å². The predicted octanol–water partition coefficient (Wildman–Crippen LogP) is 3.49. The normalized spacial score (nSPS) is 24.3. The number of halogens is 4. The van der Waals surface area contributed by atoms with Crippen molar-refractivity contribution in [2.45, 2.75) is 24.2 Å². The number of carbonyl (C=O) groups excluding carboxylic acids is 1. The highest BCUT2D eigenvalue weighted by Crippen LogP contribution is 2.44. The molecule has 30 heavy (non-hydrogen) atoms. The number of aromatic hydroxyl groups is 1. The smallest absolute Gasteiger partial charge is 0.269 e. The molecule has 0 fully saturated rings. The molecule has 1 spiro atoms. The summed E-state index contributed by atoms with van der Waals surface area (Å²) in [7, 11) is 1.47. The maximum atomic E-state index is 12.5. The molecule has 0 bridgehead atoms. The lowest BCUT2D eigenvalue weighted by Gasteiger charge is -2.33. The topological polar surface area (TPSA) is 121 Å². The minimum atomic E-state index is -1.25. The van der Waals surface area contributed by atoms with Crippen LogP contribution in [0.3, 0.4) is 0 Å². The van der Waals surface area contributed by atoms with Gasteiger partial charge in [0.05, 0.1) is 31.1 Å². The molecule has 8 nitrogen and oxygen atoms in total. The Morgan fingerprint density at radius 1 is 1.37 bits per heavy atom. The number of carbonyl (C=O) groups is 1. The molecule has 1 aromatic rings. The number of phenols is 1. The molecule has 0 saturated heterocycles. The number of ether oxygens (including phenoxy) is 1. The lowest BCUT2D eigenvalue weighted by Crippen LogP contribution is -2.45. The lowest BCUT2D eigenvalue weighted by molar-refractivity contribution is -0.115. The monoisotopic (exact) mass is 672 g/mol. The van der Waals surface area contributed by atoms with Crippen molar-refractivity contribution < 1.29 is 29.7 Å². The molecule has 0 radical (unpaired) electrons. The fourth-order valence-electron chi connectivity index (χ4n) is 3.01. The van der Waals surface area contributed by atoms with E-state index >= 15 is 0 Å². The SMILES string of the molecule is COC1=C(Br)[C@H](O)[C@@]2(C=C1Br)CC(C(=O)NC[C@@H](O)c1cc(Br)c(O)c(Br)c1)=NO2. The first-order valence-electron chi connectivity index (χ1n) is 8.49. The van der Waals surface area contributed by atoms with Crippen LogP contribution in [0.4, 0.5) is 0 Å². The summed E-state index contributed by atoms with van der Waals surface area (Å²) in [5, 5.41) is 37.2. The first-order valence-corrected chi connectivity index (χ1v) is 11.7. The molecule has 1 aliphatic carbocycles. The van der Waals surface area contributed by atoms with Gasteiger partial charge in [0.15, 0.2) is 5.60 Å². The van der Waals surface area contributed by atoms with Gasteiger partial charge >= 0.3 is 0 Å². The number of phenolic OH excluding ortho intramolecular Hbond substituents is 1. The van der Waals surface area contributed by atoms with Crippen LogP contribution in [0.2, 0.25) is 0 Å². The molecular formula is C18H16Br4N2O6. The average molecular weight is 676 g/mol. The number of aliphatic hydroxyl groups excluding tert-OH is 2. The highest BCUT2D eigenvalue weighted by molar-refractivity contribution is 9.12. The zero-order valence-corrected chi connectivity index (χ0v) is 21.7. The third-order valence-electron chi connectivity index (χ3n) is 4.62. The van der Waals surface area contributed by atoms with E-state index in [2.05, 4.69) is 74.2 Å². The second-order valence-corrected chi connectivity index (χ2v) is 10.0. The summed E-state index contributed by atoms with van der Waals surface area (Å²) in [5.74, 6) is -0.0963. The van der Waals surface area contributed by atoms with Gasteiger partial charge in [0.2, 0.25) is 0 Å². The first-order chi connectivity index (χ1) is 14.1. The Morgan fingerprint density at radius 2 is 2.00 bits per heavy atom. The van der Waals surface area contributed by atoms with E-state index in [0.29, 0.717) is 29.2 Å². The molecule has 1 aromatic carbocycles. The zero-order valence-electron chi connectivity index (χ0n) is 15.3. The van der Waals surface area contributed by atoms with Gasteiger partial charge in [-0.2, -0.15) is 0 Å². The Kier molecular flexibility index (Phi) is 7.35. The highest BCUT2D eigenvalue weighted by Gasteiger charge is 2.50. The summed E-state index contributed by atoms with van der Waals surface area (Å²) in [6.45, 7) is -0.0893. The van der Waals surface area contributed by atoms with Crippen molar-refractivity contribution in [2.24, 2.45) is 5.16 Å². The molecule has 0 unspecified atom stereocenters. The molecule has 162 valence electrons. The van der Waals surface area contributed by atoms with Crippen LogP contribution in [0.25, 0.3) is 0 Å². The number of amides is 1. The number of nitrogens with one attached hydrogen (secondary N) is 1. The van der Waals surface area contributed by atoms with E-state index in [1.807, 2.05) is 0 Å². The van der Waals surface area contributed by atoms with Crippen LogP contribution in [-0.4, -0.2) is 52.3 Å². The summed E-state index contributed by atoms with van der Waals surface area (Å²) in [6.07, 6.45) is -0.520. The van der Waals surface area contributed by atoms with E-state index in [9.17, 15) is 20.1 Å². The second-order valence-electron chi connectivity index (χ2n) is 6.60. The van der Waals surface area contributed by atoms with Crippen molar-refractivity contribution in [2.75, 3.05) is 13.7 Å². The third kappa shape index (κ3) is 4.49. The third-order valence-corrected chi connectivity index (χ3v) is 7.22. The molecule has 1 aliphatic heterocycles. The van der Waals surface area contributed by atoms with E-state index in [1.54, 1.807) is 18.2 Å².